The van der Waals surface area contributed by atoms with Crippen LogP contribution < -0.4 is 5.73 Å². The van der Waals surface area contributed by atoms with Crippen molar-refractivity contribution in [3.05, 3.63) is 28.2 Å². The average molecular weight is 285 g/mol. The number of benzene rings is 1. The van der Waals surface area contributed by atoms with Crippen LogP contribution >= 0.6 is 15.9 Å². The molecular formula is C13H21BrN2. The van der Waals surface area contributed by atoms with Gasteiger partial charge < -0.3 is 5.73 Å². The molecule has 0 aromatic heterocycles. The molecule has 0 heterocycles. The fourth-order valence-corrected chi connectivity index (χ4v) is 2.03. The van der Waals surface area contributed by atoms with Crippen LogP contribution in [0.4, 0.5) is 5.69 Å². The van der Waals surface area contributed by atoms with Gasteiger partial charge in [-0.25, -0.2) is 0 Å². The van der Waals surface area contributed by atoms with Crippen LogP contribution in [0.25, 0.3) is 0 Å². The predicted octanol–water partition coefficient (Wildman–Crippen LogP) is 3.51. The Hall–Kier alpha value is -0.540. The van der Waals surface area contributed by atoms with E-state index in [-0.39, 0.29) is 0 Å². The van der Waals surface area contributed by atoms with Crippen LogP contribution in [0.5, 0.6) is 0 Å². The molecule has 90 valence electrons. The number of nitrogen functional groups attached to an aromatic ring is 1. The Morgan fingerprint density at radius 2 is 1.94 bits per heavy atom. The molecule has 0 aliphatic heterocycles. The molecule has 3 heteroatoms. The third-order valence-corrected chi connectivity index (χ3v) is 4.16. The van der Waals surface area contributed by atoms with E-state index in [0.29, 0.717) is 12.0 Å². The van der Waals surface area contributed by atoms with Crippen molar-refractivity contribution >= 4 is 21.6 Å². The first-order valence-electron chi connectivity index (χ1n) is 5.66. The van der Waals surface area contributed by atoms with Gasteiger partial charge in [-0.2, -0.15) is 0 Å². The lowest BCUT2D eigenvalue weighted by molar-refractivity contribution is 0.200. The molecular weight excluding hydrogens is 264 g/mol. The van der Waals surface area contributed by atoms with Gasteiger partial charge in [0.25, 0.3) is 0 Å². The summed E-state index contributed by atoms with van der Waals surface area (Å²) in [7, 11) is 2.15. The van der Waals surface area contributed by atoms with Crippen LogP contribution in [-0.2, 0) is 6.54 Å². The van der Waals surface area contributed by atoms with E-state index in [1.54, 1.807) is 0 Å². The molecule has 16 heavy (non-hydrogen) atoms. The van der Waals surface area contributed by atoms with E-state index in [9.17, 15) is 0 Å². The van der Waals surface area contributed by atoms with Crippen LogP contribution in [0.3, 0.4) is 0 Å². The molecule has 0 aliphatic rings. The van der Waals surface area contributed by atoms with Gasteiger partial charge in [0, 0.05) is 22.7 Å². The quantitative estimate of drug-likeness (QED) is 0.858. The maximum absolute atomic E-state index is 5.87. The fourth-order valence-electron chi connectivity index (χ4n) is 1.64. The van der Waals surface area contributed by atoms with Gasteiger partial charge in [0.05, 0.1) is 0 Å². The second kappa shape index (κ2) is 5.69. The van der Waals surface area contributed by atoms with Gasteiger partial charge in [0.15, 0.2) is 0 Å². The fraction of sp³-hybridized carbons (Fsp3) is 0.538. The number of nitrogens with two attached hydrogens (primary N) is 1. The Bertz CT molecular complexity index is 350. The van der Waals surface area contributed by atoms with Crippen molar-refractivity contribution < 1.29 is 0 Å². The van der Waals surface area contributed by atoms with Gasteiger partial charge in [0.2, 0.25) is 0 Å². The summed E-state index contributed by atoms with van der Waals surface area (Å²) in [5.41, 5.74) is 7.92. The van der Waals surface area contributed by atoms with Gasteiger partial charge in [-0.1, -0.05) is 26.0 Å². The van der Waals surface area contributed by atoms with Gasteiger partial charge in [0.1, 0.15) is 0 Å². The smallest absolute Gasteiger partial charge is 0.0461 e. The normalized spacial score (nSPS) is 13.4. The molecule has 0 saturated carbocycles. The highest BCUT2D eigenvalue weighted by Gasteiger charge is 2.14. The standard InChI is InChI=1S/C13H21BrN2/c1-9(2)10(3)16(4)8-11-6-5-7-12(15)13(11)14/h5-7,9-10H,8,15H2,1-4H3. The first-order valence-corrected chi connectivity index (χ1v) is 6.46. The zero-order chi connectivity index (χ0) is 12.3. The summed E-state index contributed by atoms with van der Waals surface area (Å²) in [5, 5.41) is 0. The number of halogens is 1. The Labute approximate surface area is 107 Å². The number of anilines is 1. The second-order valence-corrected chi connectivity index (χ2v) is 5.51. The predicted molar refractivity (Wildman–Crippen MR) is 74.3 cm³/mol. The van der Waals surface area contributed by atoms with Gasteiger partial charge >= 0.3 is 0 Å². The molecule has 0 spiro atoms. The number of hydrogen-bond acceptors (Lipinski definition) is 2. The molecule has 1 aromatic carbocycles. The summed E-state index contributed by atoms with van der Waals surface area (Å²) in [6.45, 7) is 7.67. The summed E-state index contributed by atoms with van der Waals surface area (Å²) in [6.07, 6.45) is 0. The maximum atomic E-state index is 5.87. The van der Waals surface area contributed by atoms with E-state index in [2.05, 4.69) is 54.7 Å². The van der Waals surface area contributed by atoms with Crippen molar-refractivity contribution in [1.82, 2.24) is 4.90 Å². The van der Waals surface area contributed by atoms with Crippen molar-refractivity contribution in [3.63, 3.8) is 0 Å². The van der Waals surface area contributed by atoms with Crippen molar-refractivity contribution in [2.75, 3.05) is 12.8 Å². The molecule has 0 bridgehead atoms. The van der Waals surface area contributed by atoms with E-state index in [0.717, 1.165) is 16.7 Å². The van der Waals surface area contributed by atoms with E-state index >= 15 is 0 Å². The van der Waals surface area contributed by atoms with E-state index < -0.39 is 0 Å². The van der Waals surface area contributed by atoms with Crippen LogP contribution in [0.2, 0.25) is 0 Å². The topological polar surface area (TPSA) is 29.3 Å². The molecule has 0 aliphatic carbocycles. The van der Waals surface area contributed by atoms with Gasteiger partial charge in [-0.15, -0.1) is 0 Å². The van der Waals surface area contributed by atoms with Crippen molar-refractivity contribution in [2.24, 2.45) is 5.92 Å². The van der Waals surface area contributed by atoms with Gasteiger partial charge in [-0.05, 0) is 47.4 Å². The summed E-state index contributed by atoms with van der Waals surface area (Å²) in [4.78, 5) is 2.35. The summed E-state index contributed by atoms with van der Waals surface area (Å²) in [6, 6.07) is 6.60. The van der Waals surface area contributed by atoms with E-state index in [1.807, 2.05) is 12.1 Å². The minimum atomic E-state index is 0.563. The second-order valence-electron chi connectivity index (χ2n) is 4.72. The zero-order valence-electron chi connectivity index (χ0n) is 10.5. The third kappa shape index (κ3) is 3.22. The number of hydrogen-bond donors (Lipinski definition) is 1. The lowest BCUT2D eigenvalue weighted by Crippen LogP contribution is -2.32. The average Bonchev–Trinajstić information content (AvgIpc) is 2.23. The maximum Gasteiger partial charge on any atom is 0.0461 e. The Morgan fingerprint density at radius 1 is 1.31 bits per heavy atom. The minimum Gasteiger partial charge on any atom is -0.398 e. The summed E-state index contributed by atoms with van der Waals surface area (Å²) >= 11 is 3.54. The first kappa shape index (κ1) is 13.5. The molecule has 1 atom stereocenters. The highest BCUT2D eigenvalue weighted by molar-refractivity contribution is 9.10. The first-order chi connectivity index (χ1) is 7.43. The molecule has 1 unspecified atom stereocenters. The highest BCUT2D eigenvalue weighted by atomic mass is 79.9. The molecule has 0 amide bonds. The lowest BCUT2D eigenvalue weighted by Gasteiger charge is -2.28. The summed E-state index contributed by atoms with van der Waals surface area (Å²) in [5.74, 6) is 0.657. The minimum absolute atomic E-state index is 0.563. The molecule has 0 saturated heterocycles. The van der Waals surface area contributed by atoms with Crippen LogP contribution in [0.1, 0.15) is 26.3 Å². The molecule has 1 aromatic rings. The van der Waals surface area contributed by atoms with E-state index in [1.165, 1.54) is 5.56 Å². The molecule has 0 fully saturated rings. The summed E-state index contributed by atoms with van der Waals surface area (Å²) < 4.78 is 1.03. The van der Waals surface area contributed by atoms with Crippen LogP contribution in [0, 0.1) is 5.92 Å². The number of nitrogens with zero attached hydrogens (tertiary/aromatic N) is 1. The molecule has 1 rings (SSSR count). The monoisotopic (exact) mass is 284 g/mol. The van der Waals surface area contributed by atoms with E-state index in [4.69, 9.17) is 5.73 Å². The Morgan fingerprint density at radius 3 is 2.50 bits per heavy atom. The Balaban J connectivity index is 2.77. The van der Waals surface area contributed by atoms with Crippen molar-refractivity contribution in [3.8, 4) is 0 Å². The SMILES string of the molecule is CC(C)C(C)N(C)Cc1cccc(N)c1Br. The largest absolute Gasteiger partial charge is 0.398 e. The van der Waals surface area contributed by atoms with Gasteiger partial charge in [-0.3, -0.25) is 4.90 Å². The zero-order valence-corrected chi connectivity index (χ0v) is 12.1. The van der Waals surface area contributed by atoms with Crippen molar-refractivity contribution in [2.45, 2.75) is 33.4 Å². The van der Waals surface area contributed by atoms with Crippen LogP contribution in [0.15, 0.2) is 22.7 Å². The van der Waals surface area contributed by atoms with Crippen molar-refractivity contribution in [1.29, 1.82) is 0 Å². The third-order valence-electron chi connectivity index (χ3n) is 3.19. The van der Waals surface area contributed by atoms with Crippen LogP contribution in [-0.4, -0.2) is 18.0 Å². The Kier molecular flexibility index (Phi) is 4.81. The molecule has 2 nitrogen and oxygen atoms in total. The molecule has 2 N–H and O–H groups in total. The lowest BCUT2D eigenvalue weighted by atomic mass is 10.0. The number of rotatable bonds is 4. The highest BCUT2D eigenvalue weighted by Crippen LogP contribution is 2.25. The molecule has 0 radical (unpaired) electrons.